The van der Waals surface area contributed by atoms with Crippen LogP contribution in [-0.4, -0.2) is 29.6 Å². The molecule has 4 heteroatoms. The maximum absolute atomic E-state index is 10.2. The first kappa shape index (κ1) is 10.5. The normalized spacial score (nSPS) is 11.3. The number of hydrogen-bond donors (Lipinski definition) is 1. The number of likely N-dealkylation sites (N-methyl/N-ethyl adjacent to an activating group) is 1. The molecule has 1 rings (SSSR count). The number of aliphatic carboxylic acids is 1. The third-order valence-electron chi connectivity index (χ3n) is 1.68. The van der Waals surface area contributed by atoms with Crippen LogP contribution in [0, 0.1) is 0 Å². The Bertz CT molecular complexity index is 303. The fourth-order valence-corrected chi connectivity index (χ4v) is 1.07. The Morgan fingerprint density at radius 3 is 3.07 bits per heavy atom. The van der Waals surface area contributed by atoms with Crippen molar-refractivity contribution in [3.63, 3.8) is 0 Å². The largest absolute Gasteiger partial charge is 0.478 e. The van der Waals surface area contributed by atoms with Crippen molar-refractivity contribution < 1.29 is 14.3 Å². The van der Waals surface area contributed by atoms with Gasteiger partial charge in [-0.05, 0) is 19.2 Å². The molecule has 1 N–H and O–H groups in total. The van der Waals surface area contributed by atoms with E-state index in [1.165, 1.54) is 0 Å². The van der Waals surface area contributed by atoms with Crippen LogP contribution in [0.1, 0.15) is 5.76 Å². The zero-order valence-corrected chi connectivity index (χ0v) is 8.01. The zero-order valence-electron chi connectivity index (χ0n) is 8.01. The van der Waals surface area contributed by atoms with Crippen molar-refractivity contribution in [2.24, 2.45) is 0 Å². The third kappa shape index (κ3) is 3.91. The monoisotopic (exact) mass is 195 g/mol. The van der Waals surface area contributed by atoms with E-state index >= 15 is 0 Å². The minimum absolute atomic E-state index is 0.590. The van der Waals surface area contributed by atoms with Gasteiger partial charge in [0, 0.05) is 12.6 Å². The third-order valence-corrected chi connectivity index (χ3v) is 1.68. The summed E-state index contributed by atoms with van der Waals surface area (Å²) in [7, 11) is 1.90. The molecule has 14 heavy (non-hydrogen) atoms. The van der Waals surface area contributed by atoms with Crippen LogP contribution in [0.15, 0.2) is 35.0 Å². The Hall–Kier alpha value is -1.55. The van der Waals surface area contributed by atoms with Crippen LogP contribution in [0.4, 0.5) is 0 Å². The van der Waals surface area contributed by atoms with E-state index in [1.807, 2.05) is 24.1 Å². The van der Waals surface area contributed by atoms with Gasteiger partial charge in [-0.15, -0.1) is 0 Å². The molecule has 1 heterocycles. The predicted octanol–water partition coefficient (Wildman–Crippen LogP) is 1.35. The average molecular weight is 195 g/mol. The minimum atomic E-state index is -0.920. The van der Waals surface area contributed by atoms with Crippen LogP contribution < -0.4 is 0 Å². The number of rotatable bonds is 5. The van der Waals surface area contributed by atoms with Gasteiger partial charge in [0.1, 0.15) is 5.76 Å². The SMILES string of the molecule is CN(CC=CC(=O)O)Cc1ccco1. The van der Waals surface area contributed by atoms with Gasteiger partial charge in [0.15, 0.2) is 0 Å². The van der Waals surface area contributed by atoms with Gasteiger partial charge in [0.2, 0.25) is 0 Å². The summed E-state index contributed by atoms with van der Waals surface area (Å²) in [5.74, 6) is -0.0485. The molecule has 0 radical (unpaired) electrons. The van der Waals surface area contributed by atoms with E-state index in [1.54, 1.807) is 12.3 Å². The van der Waals surface area contributed by atoms with Gasteiger partial charge in [-0.3, -0.25) is 4.90 Å². The first-order valence-corrected chi connectivity index (χ1v) is 4.29. The quantitative estimate of drug-likeness (QED) is 0.720. The molecule has 1 aromatic heterocycles. The number of nitrogens with zero attached hydrogens (tertiary/aromatic N) is 1. The number of carboxylic acids is 1. The van der Waals surface area contributed by atoms with Gasteiger partial charge in [-0.25, -0.2) is 4.79 Å². The summed E-state index contributed by atoms with van der Waals surface area (Å²) in [5, 5.41) is 8.36. The lowest BCUT2D eigenvalue weighted by molar-refractivity contribution is -0.131. The van der Waals surface area contributed by atoms with E-state index < -0.39 is 5.97 Å². The molecule has 0 aliphatic heterocycles. The summed E-state index contributed by atoms with van der Waals surface area (Å²) in [6, 6.07) is 3.72. The lowest BCUT2D eigenvalue weighted by Crippen LogP contribution is -2.17. The second-order valence-electron chi connectivity index (χ2n) is 3.02. The molecular weight excluding hydrogens is 182 g/mol. The first-order valence-electron chi connectivity index (χ1n) is 4.29. The smallest absolute Gasteiger partial charge is 0.328 e. The van der Waals surface area contributed by atoms with E-state index in [4.69, 9.17) is 9.52 Å². The molecule has 0 unspecified atom stereocenters. The van der Waals surface area contributed by atoms with E-state index in [0.717, 1.165) is 11.8 Å². The molecule has 1 aromatic rings. The highest BCUT2D eigenvalue weighted by molar-refractivity contribution is 5.79. The van der Waals surface area contributed by atoms with Gasteiger partial charge in [0.05, 0.1) is 12.8 Å². The summed E-state index contributed by atoms with van der Waals surface area (Å²) in [5.41, 5.74) is 0. The van der Waals surface area contributed by atoms with Crippen LogP contribution >= 0.6 is 0 Å². The van der Waals surface area contributed by atoms with E-state index in [-0.39, 0.29) is 0 Å². The molecule has 0 aliphatic carbocycles. The summed E-state index contributed by atoms with van der Waals surface area (Å²) in [6.07, 6.45) is 4.36. The number of hydrogen-bond acceptors (Lipinski definition) is 3. The molecule has 0 aromatic carbocycles. The summed E-state index contributed by atoms with van der Waals surface area (Å²) in [6.45, 7) is 1.27. The van der Waals surface area contributed by atoms with Crippen molar-refractivity contribution in [2.45, 2.75) is 6.54 Å². The Morgan fingerprint density at radius 2 is 2.50 bits per heavy atom. The van der Waals surface area contributed by atoms with Crippen molar-refractivity contribution in [1.29, 1.82) is 0 Å². The van der Waals surface area contributed by atoms with Gasteiger partial charge in [-0.2, -0.15) is 0 Å². The second-order valence-corrected chi connectivity index (χ2v) is 3.02. The molecule has 0 fully saturated rings. The van der Waals surface area contributed by atoms with Crippen molar-refractivity contribution in [2.75, 3.05) is 13.6 Å². The topological polar surface area (TPSA) is 53.7 Å². The molecule has 0 saturated heterocycles. The summed E-state index contributed by atoms with van der Waals surface area (Å²) >= 11 is 0. The van der Waals surface area contributed by atoms with Crippen LogP contribution in [0.3, 0.4) is 0 Å². The van der Waals surface area contributed by atoms with Gasteiger partial charge in [-0.1, -0.05) is 6.08 Å². The second kappa shape index (κ2) is 5.24. The number of carboxylic acid groups (broad SMARTS) is 1. The van der Waals surface area contributed by atoms with Crippen molar-refractivity contribution in [3.8, 4) is 0 Å². The Kier molecular flexibility index (Phi) is 3.94. The van der Waals surface area contributed by atoms with Gasteiger partial charge < -0.3 is 9.52 Å². The Labute approximate surface area is 82.4 Å². The molecule has 0 amide bonds. The zero-order chi connectivity index (χ0) is 10.4. The Morgan fingerprint density at radius 1 is 1.71 bits per heavy atom. The lowest BCUT2D eigenvalue weighted by Gasteiger charge is -2.11. The molecular formula is C10H13NO3. The maximum atomic E-state index is 10.2. The minimum Gasteiger partial charge on any atom is -0.478 e. The molecule has 4 nitrogen and oxygen atoms in total. The summed E-state index contributed by atoms with van der Waals surface area (Å²) < 4.78 is 5.15. The predicted molar refractivity (Wildman–Crippen MR) is 51.8 cm³/mol. The van der Waals surface area contributed by atoms with Gasteiger partial charge in [0.25, 0.3) is 0 Å². The molecule has 0 bridgehead atoms. The lowest BCUT2D eigenvalue weighted by atomic mass is 10.4. The average Bonchev–Trinajstić information content (AvgIpc) is 2.56. The summed E-state index contributed by atoms with van der Waals surface area (Å²) in [4.78, 5) is 12.1. The first-order chi connectivity index (χ1) is 6.68. The number of furan rings is 1. The van der Waals surface area contributed by atoms with Crippen LogP contribution in [0.2, 0.25) is 0 Å². The molecule has 0 aliphatic rings. The highest BCUT2D eigenvalue weighted by Crippen LogP contribution is 2.03. The fourth-order valence-electron chi connectivity index (χ4n) is 1.07. The van der Waals surface area contributed by atoms with Gasteiger partial charge >= 0.3 is 5.97 Å². The van der Waals surface area contributed by atoms with Crippen LogP contribution in [0.25, 0.3) is 0 Å². The van der Waals surface area contributed by atoms with E-state index in [2.05, 4.69) is 0 Å². The van der Waals surface area contributed by atoms with Crippen LogP contribution in [0.5, 0.6) is 0 Å². The Balaban J connectivity index is 2.29. The fraction of sp³-hybridized carbons (Fsp3) is 0.300. The van der Waals surface area contributed by atoms with E-state index in [9.17, 15) is 4.79 Å². The molecule has 0 saturated carbocycles. The van der Waals surface area contributed by atoms with Crippen molar-refractivity contribution >= 4 is 5.97 Å². The van der Waals surface area contributed by atoms with Crippen molar-refractivity contribution in [1.82, 2.24) is 4.90 Å². The molecule has 0 spiro atoms. The van der Waals surface area contributed by atoms with Crippen molar-refractivity contribution in [3.05, 3.63) is 36.3 Å². The highest BCUT2D eigenvalue weighted by Gasteiger charge is 1.99. The van der Waals surface area contributed by atoms with E-state index in [0.29, 0.717) is 13.1 Å². The standard InChI is InChI=1S/C10H13NO3/c1-11(6-2-5-10(12)13)8-9-4-3-7-14-9/h2-5,7H,6,8H2,1H3,(H,12,13). The van der Waals surface area contributed by atoms with Crippen LogP contribution in [-0.2, 0) is 11.3 Å². The maximum Gasteiger partial charge on any atom is 0.328 e. The highest BCUT2D eigenvalue weighted by atomic mass is 16.4. The molecule has 76 valence electrons. The number of carbonyl (C=O) groups is 1. The molecule has 0 atom stereocenters.